The summed E-state index contributed by atoms with van der Waals surface area (Å²) in [5.41, 5.74) is -2.25. The van der Waals surface area contributed by atoms with Crippen LogP contribution in [0.5, 0.6) is 5.88 Å². The van der Waals surface area contributed by atoms with Crippen LogP contribution < -0.4 is 4.74 Å². The molecular formula is C30H38F3N7O2. The van der Waals surface area contributed by atoms with E-state index in [1.165, 1.54) is 0 Å². The van der Waals surface area contributed by atoms with E-state index in [1.807, 2.05) is 22.5 Å². The highest BCUT2D eigenvalue weighted by Crippen LogP contribution is 2.43. The van der Waals surface area contributed by atoms with Crippen LogP contribution in [-0.4, -0.2) is 65.6 Å². The number of alkyl halides is 3. The first-order chi connectivity index (χ1) is 23.3. The highest BCUT2D eigenvalue weighted by molar-refractivity contribution is 5.23. The van der Waals surface area contributed by atoms with Gasteiger partial charge in [-0.1, -0.05) is 0 Å². The Morgan fingerprint density at radius 1 is 1.05 bits per heavy atom. The van der Waals surface area contributed by atoms with Crippen LogP contribution in [0, 0.1) is 0 Å². The average Bonchev–Trinajstić information content (AvgIpc) is 3.69. The molecule has 12 heteroatoms. The third kappa shape index (κ3) is 5.43. The minimum atomic E-state index is -4.49. The Bertz CT molecular complexity index is 1720. The van der Waals surface area contributed by atoms with E-state index in [0.29, 0.717) is 37.4 Å². The van der Waals surface area contributed by atoms with Crippen LogP contribution >= 0.6 is 0 Å². The number of likely N-dealkylation sites (tertiary alicyclic amines) is 1. The summed E-state index contributed by atoms with van der Waals surface area (Å²) in [5, 5.41) is 13.2. The highest BCUT2D eigenvalue weighted by atomic mass is 19.4. The maximum Gasteiger partial charge on any atom is 0.416 e. The van der Waals surface area contributed by atoms with Gasteiger partial charge in [0, 0.05) is 65.1 Å². The van der Waals surface area contributed by atoms with Gasteiger partial charge >= 0.3 is 6.18 Å². The molecule has 2 saturated carbocycles. The minimum absolute atomic E-state index is 0.0502. The molecule has 4 fully saturated rings. The zero-order valence-corrected chi connectivity index (χ0v) is 23.1. The SMILES string of the molecule is [2H]C1([2H])OC2(C([2H])([2H])N([C@H]3CC[C@H](n4cc([C@H]5CC[C@H](c6nnc(COc7cc(C(F)(F)F)ccn7)n6C)CC5)cn4)CC3)C2([2H])[2H])C1([2H])[2H]. The van der Waals surface area contributed by atoms with Gasteiger partial charge in [-0.3, -0.25) is 9.58 Å². The van der Waals surface area contributed by atoms with E-state index in [4.69, 9.17) is 20.4 Å². The molecule has 0 radical (unpaired) electrons. The standard InChI is InChI=1S/C30H38F3N7O2/c1-38-26(17-41-27-14-23(10-12-34-27)30(31,32)33)36-37-28(38)21-4-2-20(3-5-21)22-15-35-40(16-22)25-8-6-24(7-9-25)39-18-29(19-39)11-13-42-29/h10,12,14-16,20-21,24-25H,2-9,11,13,17-19H2,1H3/t20-,21-,24-,25-/i11D2,13D2,18D2,19D2. The second-order valence-corrected chi connectivity index (χ2v) is 11.6. The number of aromatic nitrogens is 6. The van der Waals surface area contributed by atoms with Gasteiger partial charge in [0.05, 0.1) is 32.7 Å². The second kappa shape index (κ2) is 10.9. The second-order valence-electron chi connectivity index (χ2n) is 11.6. The molecular weight excluding hydrogens is 547 g/mol. The summed E-state index contributed by atoms with van der Waals surface area (Å²) in [6, 6.07) is 1.29. The van der Waals surface area contributed by atoms with Crippen molar-refractivity contribution >= 4 is 0 Å². The van der Waals surface area contributed by atoms with Gasteiger partial charge in [-0.15, -0.1) is 10.2 Å². The van der Waals surface area contributed by atoms with Crippen molar-refractivity contribution in [1.82, 2.24) is 34.4 Å². The number of hydrogen-bond acceptors (Lipinski definition) is 7. The molecule has 3 aromatic rings. The number of hydrogen-bond donors (Lipinski definition) is 0. The smallest absolute Gasteiger partial charge is 0.416 e. The quantitative estimate of drug-likeness (QED) is 0.363. The van der Waals surface area contributed by atoms with E-state index in [9.17, 15) is 13.2 Å². The Morgan fingerprint density at radius 2 is 1.79 bits per heavy atom. The topological polar surface area (TPSA) is 83.1 Å². The van der Waals surface area contributed by atoms with Crippen molar-refractivity contribution in [3.63, 3.8) is 0 Å². The molecule has 0 unspecified atom stereocenters. The molecule has 2 aliphatic heterocycles. The minimum Gasteiger partial charge on any atom is -0.469 e. The molecule has 42 heavy (non-hydrogen) atoms. The van der Waals surface area contributed by atoms with Crippen LogP contribution in [0.2, 0.25) is 0 Å². The monoisotopic (exact) mass is 593 g/mol. The van der Waals surface area contributed by atoms with Crippen molar-refractivity contribution in [2.45, 2.75) is 100 Å². The van der Waals surface area contributed by atoms with E-state index in [2.05, 4.69) is 26.5 Å². The Balaban J connectivity index is 0.917. The fraction of sp³-hybridized carbons (Fsp3) is 0.667. The maximum absolute atomic E-state index is 13.0. The molecule has 0 bridgehead atoms. The average molecular weight is 594 g/mol. The zero-order valence-electron chi connectivity index (χ0n) is 31.1. The Kier molecular flexibility index (Phi) is 5.22. The number of rotatable bonds is 7. The van der Waals surface area contributed by atoms with Crippen LogP contribution in [0.1, 0.15) is 109 Å². The summed E-state index contributed by atoms with van der Waals surface area (Å²) < 4.78 is 120. The van der Waals surface area contributed by atoms with Gasteiger partial charge < -0.3 is 14.0 Å². The number of ether oxygens (including phenoxy) is 2. The van der Waals surface area contributed by atoms with Gasteiger partial charge in [0.1, 0.15) is 12.4 Å². The lowest BCUT2D eigenvalue weighted by Crippen LogP contribution is -2.70. The van der Waals surface area contributed by atoms with E-state index >= 15 is 0 Å². The highest BCUT2D eigenvalue weighted by Gasteiger charge is 2.51. The van der Waals surface area contributed by atoms with E-state index in [1.54, 1.807) is 0 Å². The molecule has 2 saturated heterocycles. The molecule has 7 rings (SSSR count). The zero-order chi connectivity index (χ0) is 36.1. The van der Waals surface area contributed by atoms with Crippen LogP contribution in [0.3, 0.4) is 0 Å². The lowest BCUT2D eigenvalue weighted by atomic mass is 9.79. The van der Waals surface area contributed by atoms with Gasteiger partial charge in [0.2, 0.25) is 5.88 Å². The largest absolute Gasteiger partial charge is 0.469 e. The first-order valence-electron chi connectivity index (χ1n) is 18.4. The van der Waals surface area contributed by atoms with Crippen LogP contribution in [-0.2, 0) is 24.6 Å². The summed E-state index contributed by atoms with van der Waals surface area (Å²) in [6.45, 7) is -7.89. The summed E-state index contributed by atoms with van der Waals surface area (Å²) in [5.74, 6) is 1.60. The normalized spacial score (nSPS) is 35.5. The molecule has 0 N–H and O–H groups in total. The van der Waals surface area contributed by atoms with Crippen molar-refractivity contribution in [2.24, 2.45) is 7.05 Å². The van der Waals surface area contributed by atoms with Gasteiger partial charge in [0.15, 0.2) is 5.82 Å². The molecule has 1 spiro atoms. The van der Waals surface area contributed by atoms with Crippen molar-refractivity contribution in [1.29, 1.82) is 0 Å². The fourth-order valence-electron chi connectivity index (χ4n) is 6.47. The number of halogens is 3. The van der Waals surface area contributed by atoms with Crippen molar-refractivity contribution in [3.8, 4) is 5.88 Å². The summed E-state index contributed by atoms with van der Waals surface area (Å²) in [7, 11) is 1.82. The third-order valence-electron chi connectivity index (χ3n) is 8.99. The molecule has 0 atom stereocenters. The first kappa shape index (κ1) is 20.1. The van der Waals surface area contributed by atoms with E-state index in [0.717, 1.165) is 60.3 Å². The molecule has 226 valence electrons. The first-order valence-corrected chi connectivity index (χ1v) is 14.4. The van der Waals surface area contributed by atoms with E-state index in [-0.39, 0.29) is 24.4 Å². The molecule has 4 aliphatic rings. The lowest BCUT2D eigenvalue weighted by Gasteiger charge is -2.58. The molecule has 3 aromatic heterocycles. The van der Waals surface area contributed by atoms with Gasteiger partial charge in [0.25, 0.3) is 0 Å². The predicted octanol–water partition coefficient (Wildman–Crippen LogP) is 5.40. The molecule has 0 amide bonds. The van der Waals surface area contributed by atoms with Gasteiger partial charge in [-0.2, -0.15) is 18.3 Å². The molecule has 0 aromatic carbocycles. The van der Waals surface area contributed by atoms with Crippen molar-refractivity contribution in [2.75, 3.05) is 19.6 Å². The Hall–Kier alpha value is -2.99. The van der Waals surface area contributed by atoms with Crippen LogP contribution in [0.25, 0.3) is 0 Å². The molecule has 2 aliphatic carbocycles. The Morgan fingerprint density at radius 3 is 2.50 bits per heavy atom. The van der Waals surface area contributed by atoms with Gasteiger partial charge in [-0.25, -0.2) is 4.98 Å². The number of nitrogens with zero attached hydrogens (tertiary/aromatic N) is 7. The lowest BCUT2D eigenvalue weighted by molar-refractivity contribution is -0.231. The fourth-order valence-corrected chi connectivity index (χ4v) is 6.47. The predicted molar refractivity (Wildman–Crippen MR) is 147 cm³/mol. The van der Waals surface area contributed by atoms with Gasteiger partial charge in [-0.05, 0) is 68.9 Å². The van der Waals surface area contributed by atoms with Crippen molar-refractivity contribution in [3.05, 3.63) is 53.5 Å². The van der Waals surface area contributed by atoms with Crippen LogP contribution in [0.15, 0.2) is 30.7 Å². The third-order valence-corrected chi connectivity index (χ3v) is 8.99. The number of pyridine rings is 1. The van der Waals surface area contributed by atoms with Crippen molar-refractivity contribution < 1.29 is 33.6 Å². The molecule has 5 heterocycles. The maximum atomic E-state index is 13.0. The summed E-state index contributed by atoms with van der Waals surface area (Å²) in [6.07, 6.45) is 3.42. The molecule has 9 nitrogen and oxygen atoms in total. The Labute approximate surface area is 254 Å². The summed E-state index contributed by atoms with van der Waals surface area (Å²) >= 11 is 0. The summed E-state index contributed by atoms with van der Waals surface area (Å²) in [4.78, 5) is 4.90. The van der Waals surface area contributed by atoms with Crippen LogP contribution in [0.4, 0.5) is 13.2 Å². The van der Waals surface area contributed by atoms with E-state index < -0.39 is 49.3 Å².